The van der Waals surface area contributed by atoms with E-state index in [0.29, 0.717) is 15.7 Å². The number of aromatic nitrogens is 1. The van der Waals surface area contributed by atoms with Crippen LogP contribution in [0.2, 0.25) is 0 Å². The Morgan fingerprint density at radius 3 is 2.54 bits per heavy atom. The second-order valence-electron chi connectivity index (χ2n) is 5.54. The zero-order valence-corrected chi connectivity index (χ0v) is 14.7. The van der Waals surface area contributed by atoms with Gasteiger partial charge in [0, 0.05) is 5.56 Å². The van der Waals surface area contributed by atoms with Gasteiger partial charge in [0.1, 0.15) is 4.88 Å². The molecule has 0 bridgehead atoms. The van der Waals surface area contributed by atoms with Crippen LogP contribution in [0.15, 0.2) is 30.3 Å². The number of carbonyl (C=O) groups excluding carboxylic acids is 2. The highest BCUT2D eigenvalue weighted by molar-refractivity contribution is 7.18. The van der Waals surface area contributed by atoms with Crippen LogP contribution in [-0.2, 0) is 9.53 Å². The van der Waals surface area contributed by atoms with Gasteiger partial charge in [-0.25, -0.2) is 9.78 Å². The van der Waals surface area contributed by atoms with Crippen molar-refractivity contribution in [2.75, 3.05) is 11.9 Å². The van der Waals surface area contributed by atoms with Gasteiger partial charge < -0.3 is 15.8 Å². The molecule has 1 atom stereocenters. The molecule has 0 saturated carbocycles. The highest BCUT2D eigenvalue weighted by atomic mass is 32.1. The van der Waals surface area contributed by atoms with Crippen molar-refractivity contribution in [1.29, 1.82) is 0 Å². The van der Waals surface area contributed by atoms with Gasteiger partial charge in [0.05, 0.1) is 18.3 Å². The number of ether oxygens (including phenoxy) is 1. The SMILES string of the molecule is CCOC(=O)c1sc(NC(=O)[C@@H](N)C(C)C)nc1-c1ccccc1. The maximum absolute atomic E-state index is 12.2. The van der Waals surface area contributed by atoms with E-state index in [1.165, 1.54) is 0 Å². The normalized spacial score (nSPS) is 12.0. The Bertz CT molecular complexity index is 713. The summed E-state index contributed by atoms with van der Waals surface area (Å²) in [6, 6.07) is 8.66. The number of nitrogens with zero attached hydrogens (tertiary/aromatic N) is 1. The van der Waals surface area contributed by atoms with E-state index < -0.39 is 12.0 Å². The maximum atomic E-state index is 12.2. The first-order chi connectivity index (χ1) is 11.4. The Kier molecular flexibility index (Phi) is 6.05. The Balaban J connectivity index is 2.34. The number of hydrogen-bond acceptors (Lipinski definition) is 6. The lowest BCUT2D eigenvalue weighted by atomic mass is 10.1. The van der Waals surface area contributed by atoms with Crippen LogP contribution in [0.4, 0.5) is 5.13 Å². The molecule has 0 spiro atoms. The summed E-state index contributed by atoms with van der Waals surface area (Å²) in [5, 5.41) is 3.02. The van der Waals surface area contributed by atoms with E-state index in [4.69, 9.17) is 10.5 Å². The number of thiazole rings is 1. The second-order valence-corrected chi connectivity index (χ2v) is 6.54. The average Bonchev–Trinajstić information content (AvgIpc) is 2.99. The minimum atomic E-state index is -0.639. The van der Waals surface area contributed by atoms with E-state index in [9.17, 15) is 9.59 Å². The monoisotopic (exact) mass is 347 g/mol. The molecule has 6 nitrogen and oxygen atoms in total. The van der Waals surface area contributed by atoms with Crippen LogP contribution in [-0.4, -0.2) is 29.5 Å². The number of nitrogens with one attached hydrogen (secondary N) is 1. The summed E-state index contributed by atoms with van der Waals surface area (Å²) < 4.78 is 5.09. The molecule has 0 aliphatic heterocycles. The summed E-state index contributed by atoms with van der Waals surface area (Å²) in [6.07, 6.45) is 0. The predicted molar refractivity (Wildman–Crippen MR) is 94.9 cm³/mol. The third kappa shape index (κ3) is 4.18. The average molecular weight is 347 g/mol. The Labute approximate surface area is 145 Å². The summed E-state index contributed by atoms with van der Waals surface area (Å²) in [6.45, 7) is 5.74. The van der Waals surface area contributed by atoms with Crippen molar-refractivity contribution < 1.29 is 14.3 Å². The van der Waals surface area contributed by atoms with E-state index in [1.54, 1.807) is 6.92 Å². The van der Waals surface area contributed by atoms with Crippen molar-refractivity contribution >= 4 is 28.3 Å². The first-order valence-corrected chi connectivity index (χ1v) is 8.55. The van der Waals surface area contributed by atoms with E-state index in [2.05, 4.69) is 10.3 Å². The molecule has 1 amide bonds. The van der Waals surface area contributed by atoms with Crippen molar-refractivity contribution in [2.45, 2.75) is 26.8 Å². The number of carbonyl (C=O) groups is 2. The van der Waals surface area contributed by atoms with Crippen LogP contribution in [0.25, 0.3) is 11.3 Å². The van der Waals surface area contributed by atoms with Gasteiger partial charge in [-0.15, -0.1) is 0 Å². The molecule has 0 aliphatic carbocycles. The van der Waals surface area contributed by atoms with Gasteiger partial charge in [0.15, 0.2) is 5.13 Å². The van der Waals surface area contributed by atoms with E-state index >= 15 is 0 Å². The van der Waals surface area contributed by atoms with Gasteiger partial charge in [0.2, 0.25) is 5.91 Å². The Morgan fingerprint density at radius 2 is 1.96 bits per heavy atom. The van der Waals surface area contributed by atoms with Crippen LogP contribution in [0.1, 0.15) is 30.4 Å². The standard InChI is InChI=1S/C17H21N3O3S/c1-4-23-16(22)14-13(11-8-6-5-7-9-11)19-17(24-14)20-15(21)12(18)10(2)3/h5-10,12H,4,18H2,1-3H3,(H,19,20,21)/t12-/m0/s1. The fourth-order valence-electron chi connectivity index (χ4n) is 1.99. The van der Waals surface area contributed by atoms with Gasteiger partial charge in [-0.05, 0) is 12.8 Å². The number of rotatable bonds is 6. The second kappa shape index (κ2) is 8.03. The number of nitrogens with two attached hydrogens (primary N) is 1. The van der Waals surface area contributed by atoms with Gasteiger partial charge in [0.25, 0.3) is 0 Å². The quantitative estimate of drug-likeness (QED) is 0.784. The molecule has 1 aromatic carbocycles. The zero-order valence-electron chi connectivity index (χ0n) is 13.9. The van der Waals surface area contributed by atoms with Gasteiger partial charge >= 0.3 is 5.97 Å². The molecule has 0 unspecified atom stereocenters. The summed E-state index contributed by atoms with van der Waals surface area (Å²) in [5.74, 6) is -0.778. The van der Waals surface area contributed by atoms with Crippen molar-refractivity contribution in [1.82, 2.24) is 4.98 Å². The highest BCUT2D eigenvalue weighted by Crippen LogP contribution is 2.31. The summed E-state index contributed by atoms with van der Waals surface area (Å²) in [7, 11) is 0. The number of esters is 1. The largest absolute Gasteiger partial charge is 0.462 e. The number of amides is 1. The molecule has 0 fully saturated rings. The zero-order chi connectivity index (χ0) is 17.7. The van der Waals surface area contributed by atoms with E-state index in [-0.39, 0.29) is 18.4 Å². The molecule has 128 valence electrons. The number of anilines is 1. The van der Waals surface area contributed by atoms with Gasteiger partial charge in [-0.3, -0.25) is 4.79 Å². The van der Waals surface area contributed by atoms with Crippen LogP contribution < -0.4 is 11.1 Å². The number of benzene rings is 1. The third-order valence-corrected chi connectivity index (χ3v) is 4.34. The molecule has 1 heterocycles. The smallest absolute Gasteiger partial charge is 0.350 e. The molecule has 0 aliphatic rings. The summed E-state index contributed by atoms with van der Waals surface area (Å²) >= 11 is 1.09. The van der Waals surface area contributed by atoms with Crippen LogP contribution >= 0.6 is 11.3 Å². The van der Waals surface area contributed by atoms with Crippen LogP contribution in [0, 0.1) is 5.92 Å². The molecule has 7 heteroatoms. The van der Waals surface area contributed by atoms with Crippen LogP contribution in [0.5, 0.6) is 0 Å². The topological polar surface area (TPSA) is 94.3 Å². The van der Waals surface area contributed by atoms with Crippen molar-refractivity contribution in [2.24, 2.45) is 11.7 Å². The van der Waals surface area contributed by atoms with Crippen LogP contribution in [0.3, 0.4) is 0 Å². The first-order valence-electron chi connectivity index (χ1n) is 7.73. The lowest BCUT2D eigenvalue weighted by Gasteiger charge is -2.13. The van der Waals surface area contributed by atoms with Crippen molar-refractivity contribution in [3.05, 3.63) is 35.2 Å². The summed E-state index contributed by atoms with van der Waals surface area (Å²) in [5.41, 5.74) is 7.12. The van der Waals surface area contributed by atoms with Gasteiger partial charge in [-0.2, -0.15) is 0 Å². The van der Waals surface area contributed by atoms with Crippen molar-refractivity contribution in [3.8, 4) is 11.3 Å². The molecule has 2 rings (SSSR count). The molecule has 0 radical (unpaired) electrons. The molecule has 0 saturated heterocycles. The first kappa shape index (κ1) is 18.1. The minimum absolute atomic E-state index is 0.00285. The molecule has 2 aromatic rings. The highest BCUT2D eigenvalue weighted by Gasteiger charge is 2.23. The minimum Gasteiger partial charge on any atom is -0.462 e. The fourth-order valence-corrected chi connectivity index (χ4v) is 2.88. The fraction of sp³-hybridized carbons (Fsp3) is 0.353. The molecular formula is C17H21N3O3S. The molecular weight excluding hydrogens is 326 g/mol. The Morgan fingerprint density at radius 1 is 1.29 bits per heavy atom. The lowest BCUT2D eigenvalue weighted by Crippen LogP contribution is -2.39. The summed E-state index contributed by atoms with van der Waals surface area (Å²) in [4.78, 5) is 29.1. The number of hydrogen-bond donors (Lipinski definition) is 2. The molecule has 1 aromatic heterocycles. The lowest BCUT2D eigenvalue weighted by molar-refractivity contribution is -0.118. The van der Waals surface area contributed by atoms with E-state index in [0.717, 1.165) is 16.9 Å². The van der Waals surface area contributed by atoms with Crippen molar-refractivity contribution in [3.63, 3.8) is 0 Å². The Hall–Kier alpha value is -2.25. The third-order valence-electron chi connectivity index (χ3n) is 3.39. The predicted octanol–water partition coefficient (Wildman–Crippen LogP) is 2.91. The molecule has 3 N–H and O–H groups in total. The maximum Gasteiger partial charge on any atom is 0.350 e. The molecule has 24 heavy (non-hydrogen) atoms. The van der Waals surface area contributed by atoms with E-state index in [1.807, 2.05) is 44.2 Å². The van der Waals surface area contributed by atoms with Gasteiger partial charge in [-0.1, -0.05) is 55.5 Å².